The van der Waals surface area contributed by atoms with Gasteiger partial charge in [0, 0.05) is 6.42 Å². The Morgan fingerprint density at radius 2 is 2.50 bits per heavy atom. The molecule has 0 saturated carbocycles. The van der Waals surface area contributed by atoms with Gasteiger partial charge in [-0.05, 0) is 18.6 Å². The molecule has 0 fully saturated rings. The molecular weight excluding hydrogens is 136 g/mol. The van der Waals surface area contributed by atoms with Crippen LogP contribution in [-0.4, -0.2) is 15.5 Å². The number of hydrogen-bond donors (Lipinski definition) is 0. The van der Waals surface area contributed by atoms with Gasteiger partial charge in [-0.15, -0.1) is 6.58 Å². The highest BCUT2D eigenvalue weighted by Gasteiger charge is 1.87. The second-order valence-corrected chi connectivity index (χ2v) is 2.27. The molecule has 0 aromatic heterocycles. The third-order valence-electron chi connectivity index (χ3n) is 0.780. The predicted octanol–water partition coefficient (Wildman–Crippen LogP) is 0.577. The minimum atomic E-state index is 0.714. The van der Waals surface area contributed by atoms with Gasteiger partial charge in [-0.2, -0.15) is 0 Å². The lowest BCUT2D eigenvalue weighted by molar-refractivity contribution is 0.607. The van der Waals surface area contributed by atoms with Gasteiger partial charge in [0.2, 0.25) is 10.5 Å². The van der Waals surface area contributed by atoms with Gasteiger partial charge in [-0.1, -0.05) is 6.08 Å². The maximum Gasteiger partial charge on any atom is 0.204 e. The van der Waals surface area contributed by atoms with E-state index in [1.54, 1.807) is 0 Å². The average Bonchev–Trinajstić information content (AvgIpc) is 1.83. The first-order chi connectivity index (χ1) is 3.81. The van der Waals surface area contributed by atoms with E-state index in [1.165, 1.54) is 0 Å². The lowest BCUT2D eigenvalue weighted by Crippen LogP contribution is -1.95. The molecule has 0 N–H and O–H groups in total. The van der Waals surface area contributed by atoms with Crippen LogP contribution in [0.1, 0.15) is 12.8 Å². The van der Waals surface area contributed by atoms with E-state index in [-0.39, 0.29) is 0 Å². The lowest BCUT2D eigenvalue weighted by atomic mass is 10.3. The molecule has 0 heterocycles. The normalized spacial score (nSPS) is 8.50. The Balaban J connectivity index is 3.11. The summed E-state index contributed by atoms with van der Waals surface area (Å²) < 4.78 is 4.87. The van der Waals surface area contributed by atoms with Crippen LogP contribution in [0.15, 0.2) is 12.7 Å². The molecule has 0 bridgehead atoms. The van der Waals surface area contributed by atoms with Crippen molar-refractivity contribution >= 4 is 27.8 Å². The van der Waals surface area contributed by atoms with Crippen molar-refractivity contribution in [3.05, 3.63) is 12.7 Å². The molecule has 0 saturated heterocycles. The number of rotatable bonds is 3. The van der Waals surface area contributed by atoms with E-state index in [9.17, 15) is 0 Å². The zero-order valence-corrected chi connectivity index (χ0v) is 7.83. The van der Waals surface area contributed by atoms with Gasteiger partial charge < -0.3 is 4.43 Å². The van der Waals surface area contributed by atoms with E-state index in [4.69, 9.17) is 16.6 Å². The van der Waals surface area contributed by atoms with Crippen molar-refractivity contribution in [3.63, 3.8) is 0 Å². The van der Waals surface area contributed by atoms with Crippen LogP contribution in [0.5, 0.6) is 0 Å². The molecule has 0 amide bonds. The molecule has 0 unspecified atom stereocenters. The standard InChI is InChI=1S/C5H10OSSi/c1-2-3-4-5(7)6-8/h2H,1,3-4H2,8H3. The quantitative estimate of drug-likeness (QED) is 0.327. The van der Waals surface area contributed by atoms with E-state index in [1.807, 2.05) is 6.08 Å². The molecular formula is C5H10OSSi. The number of allylic oxidation sites excluding steroid dienone is 1. The van der Waals surface area contributed by atoms with E-state index in [2.05, 4.69) is 6.58 Å². The number of hydrogen-bond acceptors (Lipinski definition) is 2. The molecule has 0 aliphatic carbocycles. The van der Waals surface area contributed by atoms with Gasteiger partial charge in [0.25, 0.3) is 0 Å². The molecule has 8 heavy (non-hydrogen) atoms. The monoisotopic (exact) mass is 146 g/mol. The Kier molecular flexibility index (Phi) is 4.90. The van der Waals surface area contributed by atoms with E-state index < -0.39 is 0 Å². The van der Waals surface area contributed by atoms with Crippen LogP contribution in [0.25, 0.3) is 0 Å². The average molecular weight is 146 g/mol. The highest BCUT2D eigenvalue weighted by molar-refractivity contribution is 7.80. The van der Waals surface area contributed by atoms with Gasteiger partial charge >= 0.3 is 0 Å². The molecule has 3 heteroatoms. The summed E-state index contributed by atoms with van der Waals surface area (Å²) in [7, 11) is 0.714. The fraction of sp³-hybridized carbons (Fsp3) is 0.400. The first-order valence-electron chi connectivity index (χ1n) is 2.49. The summed E-state index contributed by atoms with van der Waals surface area (Å²) in [6.07, 6.45) is 3.62. The second-order valence-electron chi connectivity index (χ2n) is 1.40. The van der Waals surface area contributed by atoms with Crippen LogP contribution in [0, 0.1) is 0 Å². The summed E-state index contributed by atoms with van der Waals surface area (Å²) in [4.78, 5) is 0. The van der Waals surface area contributed by atoms with Gasteiger partial charge in [-0.3, -0.25) is 0 Å². The van der Waals surface area contributed by atoms with Crippen molar-refractivity contribution in [3.8, 4) is 0 Å². The van der Waals surface area contributed by atoms with Crippen LogP contribution in [0.2, 0.25) is 0 Å². The van der Waals surface area contributed by atoms with Gasteiger partial charge in [0.05, 0.1) is 0 Å². The zero-order valence-electron chi connectivity index (χ0n) is 5.02. The summed E-state index contributed by atoms with van der Waals surface area (Å²) >= 11 is 4.79. The highest BCUT2D eigenvalue weighted by atomic mass is 32.1. The van der Waals surface area contributed by atoms with Gasteiger partial charge in [0.15, 0.2) is 0 Å². The first-order valence-corrected chi connectivity index (χ1v) is 3.71. The zero-order chi connectivity index (χ0) is 6.41. The summed E-state index contributed by atoms with van der Waals surface area (Å²) in [6.45, 7) is 3.56. The van der Waals surface area contributed by atoms with Crippen molar-refractivity contribution in [2.75, 3.05) is 0 Å². The van der Waals surface area contributed by atoms with Crippen molar-refractivity contribution in [1.82, 2.24) is 0 Å². The Morgan fingerprint density at radius 1 is 1.88 bits per heavy atom. The Bertz CT molecular complexity index is 92.4. The van der Waals surface area contributed by atoms with Gasteiger partial charge in [-0.25, -0.2) is 0 Å². The van der Waals surface area contributed by atoms with Crippen molar-refractivity contribution in [2.45, 2.75) is 12.8 Å². The van der Waals surface area contributed by atoms with Crippen molar-refractivity contribution < 1.29 is 4.43 Å². The van der Waals surface area contributed by atoms with Gasteiger partial charge in [0.1, 0.15) is 5.05 Å². The van der Waals surface area contributed by atoms with Crippen molar-refractivity contribution in [2.24, 2.45) is 0 Å². The smallest absolute Gasteiger partial charge is 0.204 e. The van der Waals surface area contributed by atoms with E-state index in [0.29, 0.717) is 10.5 Å². The highest BCUT2D eigenvalue weighted by Crippen LogP contribution is 1.92. The van der Waals surface area contributed by atoms with Crippen molar-refractivity contribution in [1.29, 1.82) is 0 Å². The first kappa shape index (κ1) is 7.85. The molecule has 0 aliphatic heterocycles. The predicted molar refractivity (Wildman–Crippen MR) is 43.1 cm³/mol. The molecule has 0 atom stereocenters. The molecule has 46 valence electrons. The summed E-state index contributed by atoms with van der Waals surface area (Å²) in [6, 6.07) is 0. The fourth-order valence-electron chi connectivity index (χ4n) is 0.322. The minimum Gasteiger partial charge on any atom is -0.549 e. The van der Waals surface area contributed by atoms with Crippen LogP contribution >= 0.6 is 12.2 Å². The molecule has 0 spiro atoms. The van der Waals surface area contributed by atoms with Crippen LogP contribution in [-0.2, 0) is 4.43 Å². The molecule has 0 aromatic rings. The maximum atomic E-state index is 4.87. The topological polar surface area (TPSA) is 9.23 Å². The Morgan fingerprint density at radius 3 is 2.88 bits per heavy atom. The van der Waals surface area contributed by atoms with Crippen LogP contribution in [0.4, 0.5) is 0 Å². The summed E-state index contributed by atoms with van der Waals surface area (Å²) in [5, 5.41) is 0.719. The second kappa shape index (κ2) is 4.99. The fourth-order valence-corrected chi connectivity index (χ4v) is 0.644. The largest absolute Gasteiger partial charge is 0.549 e. The minimum absolute atomic E-state index is 0.714. The summed E-state index contributed by atoms with van der Waals surface area (Å²) in [5.41, 5.74) is 0. The van der Waals surface area contributed by atoms with E-state index >= 15 is 0 Å². The van der Waals surface area contributed by atoms with Crippen LogP contribution in [0.3, 0.4) is 0 Å². The number of thiocarbonyl (C=S) groups is 1. The third-order valence-corrected chi connectivity index (χ3v) is 1.94. The Labute approximate surface area is 58.3 Å². The Hall–Kier alpha value is -0.153. The molecule has 0 aromatic carbocycles. The summed E-state index contributed by atoms with van der Waals surface area (Å²) in [5.74, 6) is 0. The lowest BCUT2D eigenvalue weighted by Gasteiger charge is -1.97. The van der Waals surface area contributed by atoms with Crippen LogP contribution < -0.4 is 0 Å². The van der Waals surface area contributed by atoms with E-state index in [0.717, 1.165) is 17.9 Å². The maximum absolute atomic E-state index is 4.87. The molecule has 1 nitrogen and oxygen atoms in total. The SMILES string of the molecule is C=CCCC(=S)O[SiH3]. The molecule has 0 aliphatic rings. The third kappa shape index (κ3) is 4.02. The molecule has 0 rings (SSSR count). The molecule has 0 radical (unpaired) electrons.